The minimum absolute atomic E-state index is 0.162. The summed E-state index contributed by atoms with van der Waals surface area (Å²) in [6, 6.07) is 10.1. The lowest BCUT2D eigenvalue weighted by Crippen LogP contribution is -2.19. The summed E-state index contributed by atoms with van der Waals surface area (Å²) in [5.41, 5.74) is 8.67. The molecule has 3 N–H and O–H groups in total. The van der Waals surface area contributed by atoms with Gasteiger partial charge in [-0.05, 0) is 61.1 Å². The first-order chi connectivity index (χ1) is 10.9. The van der Waals surface area contributed by atoms with Crippen LogP contribution in [0.5, 0.6) is 0 Å². The number of para-hydroxylation sites is 1. The molecule has 2 aromatic rings. The van der Waals surface area contributed by atoms with Gasteiger partial charge in [-0.15, -0.1) is 0 Å². The van der Waals surface area contributed by atoms with Crippen molar-refractivity contribution >= 4 is 21.6 Å². The van der Waals surface area contributed by atoms with E-state index in [1.165, 1.54) is 11.6 Å². The third-order valence-electron chi connectivity index (χ3n) is 4.15. The van der Waals surface area contributed by atoms with Crippen LogP contribution < -0.4 is 10.5 Å². The largest absolute Gasteiger partial charge is 0.366 e. The first-order valence-electron chi connectivity index (χ1n) is 7.42. The van der Waals surface area contributed by atoms with Gasteiger partial charge in [0.1, 0.15) is 0 Å². The number of amides is 1. The maximum atomic E-state index is 12.7. The van der Waals surface area contributed by atoms with Crippen LogP contribution in [0, 0.1) is 6.92 Å². The number of fused-ring (bicyclic) bond motifs is 1. The highest BCUT2D eigenvalue weighted by Crippen LogP contribution is 2.27. The predicted octanol–water partition coefficient (Wildman–Crippen LogP) is 2.38. The van der Waals surface area contributed by atoms with Gasteiger partial charge in [0.15, 0.2) is 0 Å². The lowest BCUT2D eigenvalue weighted by atomic mass is 10.1. The zero-order chi connectivity index (χ0) is 16.6. The number of nitrogens with one attached hydrogen (secondary N) is 1. The number of benzene rings is 2. The maximum absolute atomic E-state index is 12.7. The van der Waals surface area contributed by atoms with Gasteiger partial charge in [0.2, 0.25) is 0 Å². The molecule has 0 aromatic heterocycles. The normalized spacial score (nSPS) is 13.6. The van der Waals surface area contributed by atoms with E-state index in [0.717, 1.165) is 24.8 Å². The molecule has 0 atom stereocenters. The van der Waals surface area contributed by atoms with Crippen LogP contribution in [0.2, 0.25) is 0 Å². The Bertz CT molecular complexity index is 889. The van der Waals surface area contributed by atoms with Crippen molar-refractivity contribution in [2.24, 2.45) is 5.73 Å². The van der Waals surface area contributed by atoms with Gasteiger partial charge < -0.3 is 5.73 Å². The monoisotopic (exact) mass is 330 g/mol. The predicted molar refractivity (Wildman–Crippen MR) is 89.0 cm³/mol. The van der Waals surface area contributed by atoms with E-state index < -0.39 is 15.9 Å². The average molecular weight is 330 g/mol. The van der Waals surface area contributed by atoms with E-state index in [4.69, 9.17) is 5.73 Å². The summed E-state index contributed by atoms with van der Waals surface area (Å²) in [5.74, 6) is -0.666. The fourth-order valence-corrected chi connectivity index (χ4v) is 4.12. The molecule has 0 radical (unpaired) electrons. The van der Waals surface area contributed by atoms with Crippen LogP contribution in [-0.2, 0) is 22.9 Å². The number of hydrogen-bond acceptors (Lipinski definition) is 3. The lowest BCUT2D eigenvalue weighted by Gasteiger charge is -2.14. The number of primary amides is 1. The molecule has 0 heterocycles. The Morgan fingerprint density at radius 3 is 2.61 bits per heavy atom. The van der Waals surface area contributed by atoms with Crippen molar-refractivity contribution in [3.8, 4) is 0 Å². The zero-order valence-electron chi connectivity index (χ0n) is 12.8. The number of carbonyl (C=O) groups excluding carboxylic acids is 1. The van der Waals surface area contributed by atoms with Crippen molar-refractivity contribution in [3.63, 3.8) is 0 Å². The van der Waals surface area contributed by atoms with Gasteiger partial charge in [-0.1, -0.05) is 18.2 Å². The van der Waals surface area contributed by atoms with Crippen molar-refractivity contribution in [3.05, 3.63) is 58.7 Å². The van der Waals surface area contributed by atoms with E-state index >= 15 is 0 Å². The summed E-state index contributed by atoms with van der Waals surface area (Å²) in [6.07, 6.45) is 2.94. The molecule has 0 bridgehead atoms. The van der Waals surface area contributed by atoms with Gasteiger partial charge in [-0.25, -0.2) is 8.42 Å². The molecule has 120 valence electrons. The molecular weight excluding hydrogens is 312 g/mol. The summed E-state index contributed by atoms with van der Waals surface area (Å²) in [7, 11) is -3.77. The third kappa shape index (κ3) is 2.94. The van der Waals surface area contributed by atoms with Crippen LogP contribution in [0.15, 0.2) is 41.3 Å². The Morgan fingerprint density at radius 1 is 1.13 bits per heavy atom. The molecule has 1 aliphatic carbocycles. The van der Waals surface area contributed by atoms with Crippen LogP contribution in [0.4, 0.5) is 5.69 Å². The third-order valence-corrected chi connectivity index (χ3v) is 5.50. The standard InChI is InChI=1S/C17H18N2O3S/c1-11-4-2-7-15(17(18)20)16(11)19-23(21,22)14-9-8-12-5-3-6-13(12)10-14/h2,4,7-10,19H,3,5-6H2,1H3,(H2,18,20). The van der Waals surface area contributed by atoms with Gasteiger partial charge in [0.25, 0.3) is 15.9 Å². The Hall–Kier alpha value is -2.34. The Balaban J connectivity index is 2.01. The highest BCUT2D eigenvalue weighted by Gasteiger charge is 2.21. The molecule has 2 aromatic carbocycles. The van der Waals surface area contributed by atoms with Gasteiger partial charge in [0.05, 0.1) is 16.1 Å². The lowest BCUT2D eigenvalue weighted by molar-refractivity contribution is 0.100. The van der Waals surface area contributed by atoms with E-state index in [-0.39, 0.29) is 16.1 Å². The number of aryl methyl sites for hydroxylation is 3. The minimum atomic E-state index is -3.77. The Kier molecular flexibility index (Phi) is 3.85. The van der Waals surface area contributed by atoms with Crippen molar-refractivity contribution < 1.29 is 13.2 Å². The van der Waals surface area contributed by atoms with Crippen molar-refractivity contribution in [2.75, 3.05) is 4.72 Å². The van der Waals surface area contributed by atoms with Gasteiger partial charge in [0, 0.05) is 0 Å². The van der Waals surface area contributed by atoms with Gasteiger partial charge in [-0.2, -0.15) is 0 Å². The summed E-state index contributed by atoms with van der Waals surface area (Å²) < 4.78 is 27.8. The number of sulfonamides is 1. The van der Waals surface area contributed by atoms with Crippen LogP contribution in [0.3, 0.4) is 0 Å². The van der Waals surface area contributed by atoms with E-state index in [1.54, 1.807) is 31.2 Å². The topological polar surface area (TPSA) is 89.3 Å². The fraction of sp³-hybridized carbons (Fsp3) is 0.235. The van der Waals surface area contributed by atoms with Crippen LogP contribution in [-0.4, -0.2) is 14.3 Å². The maximum Gasteiger partial charge on any atom is 0.261 e. The first kappa shape index (κ1) is 15.6. The quantitative estimate of drug-likeness (QED) is 0.902. The van der Waals surface area contributed by atoms with E-state index in [0.29, 0.717) is 5.56 Å². The molecule has 6 heteroatoms. The first-order valence-corrected chi connectivity index (χ1v) is 8.91. The van der Waals surface area contributed by atoms with Gasteiger partial charge >= 0.3 is 0 Å². The second-order valence-corrected chi connectivity index (χ2v) is 7.43. The molecule has 0 spiro atoms. The molecule has 23 heavy (non-hydrogen) atoms. The molecular formula is C17H18N2O3S. The van der Waals surface area contributed by atoms with Gasteiger partial charge in [-0.3, -0.25) is 9.52 Å². The number of anilines is 1. The smallest absolute Gasteiger partial charge is 0.261 e. The molecule has 0 saturated heterocycles. The van der Waals surface area contributed by atoms with Crippen molar-refractivity contribution in [1.82, 2.24) is 0 Å². The molecule has 1 amide bonds. The van der Waals surface area contributed by atoms with E-state index in [9.17, 15) is 13.2 Å². The number of hydrogen-bond donors (Lipinski definition) is 2. The van der Waals surface area contributed by atoms with Crippen molar-refractivity contribution in [2.45, 2.75) is 31.1 Å². The fourth-order valence-electron chi connectivity index (χ4n) is 2.92. The second kappa shape index (κ2) is 5.70. The highest BCUT2D eigenvalue weighted by molar-refractivity contribution is 7.92. The number of rotatable bonds is 4. The molecule has 0 unspecified atom stereocenters. The summed E-state index contributed by atoms with van der Waals surface area (Å²) in [5, 5.41) is 0. The molecule has 3 rings (SSSR count). The summed E-state index contributed by atoms with van der Waals surface area (Å²) in [6.45, 7) is 1.73. The molecule has 0 saturated carbocycles. The summed E-state index contributed by atoms with van der Waals surface area (Å²) in [4.78, 5) is 11.7. The average Bonchev–Trinajstić information content (AvgIpc) is 2.96. The van der Waals surface area contributed by atoms with Crippen molar-refractivity contribution in [1.29, 1.82) is 0 Å². The van der Waals surface area contributed by atoms with E-state index in [1.807, 2.05) is 6.07 Å². The SMILES string of the molecule is Cc1cccc(C(N)=O)c1NS(=O)(=O)c1ccc2c(c1)CCC2. The molecule has 5 nitrogen and oxygen atoms in total. The van der Waals surface area contributed by atoms with Crippen LogP contribution in [0.25, 0.3) is 0 Å². The highest BCUT2D eigenvalue weighted by atomic mass is 32.2. The van der Waals surface area contributed by atoms with E-state index in [2.05, 4.69) is 4.72 Å². The Morgan fingerprint density at radius 2 is 1.87 bits per heavy atom. The second-order valence-electron chi connectivity index (χ2n) is 5.75. The Labute approximate surface area is 135 Å². The molecule has 0 fully saturated rings. The zero-order valence-corrected chi connectivity index (χ0v) is 13.6. The van der Waals surface area contributed by atoms with Crippen LogP contribution in [0.1, 0.15) is 33.5 Å². The molecule has 1 aliphatic rings. The molecule has 0 aliphatic heterocycles. The number of nitrogens with two attached hydrogens (primary N) is 1. The van der Waals surface area contributed by atoms with Crippen LogP contribution >= 0.6 is 0 Å². The number of carbonyl (C=O) groups is 1. The summed E-state index contributed by atoms with van der Waals surface area (Å²) >= 11 is 0. The minimum Gasteiger partial charge on any atom is -0.366 e.